The van der Waals surface area contributed by atoms with Gasteiger partial charge in [0.1, 0.15) is 0 Å². The minimum Gasteiger partial charge on any atom is -0.310 e. The van der Waals surface area contributed by atoms with E-state index < -0.39 is 0 Å². The Kier molecular flexibility index (Phi) is 3.87. The zero-order chi connectivity index (χ0) is 14.7. The second-order valence-electron chi connectivity index (χ2n) is 4.93. The summed E-state index contributed by atoms with van der Waals surface area (Å²) in [6, 6.07) is 10.4. The molecule has 1 atom stereocenters. The fourth-order valence-electron chi connectivity index (χ4n) is 2.56. The summed E-state index contributed by atoms with van der Waals surface area (Å²) in [5.41, 5.74) is 2.22. The number of pyridine rings is 1. The van der Waals surface area contributed by atoms with Crippen LogP contribution in [0.3, 0.4) is 0 Å². The van der Waals surface area contributed by atoms with Crippen molar-refractivity contribution in [3.8, 4) is 0 Å². The molecule has 0 bridgehead atoms. The Bertz CT molecular complexity index is 730. The molecule has 2 aromatic heterocycles. The van der Waals surface area contributed by atoms with Crippen molar-refractivity contribution in [2.75, 3.05) is 6.54 Å². The maximum Gasteiger partial charge on any atom is 0.176 e. The minimum atomic E-state index is 0.145. The second-order valence-corrected chi connectivity index (χ2v) is 4.93. The van der Waals surface area contributed by atoms with E-state index in [1.54, 1.807) is 7.05 Å². The molecule has 0 amide bonds. The van der Waals surface area contributed by atoms with Crippen LogP contribution in [0.2, 0.25) is 0 Å². The van der Waals surface area contributed by atoms with Crippen LogP contribution in [-0.2, 0) is 13.5 Å². The first kappa shape index (κ1) is 13.6. The van der Waals surface area contributed by atoms with Crippen LogP contribution in [0.4, 0.5) is 0 Å². The summed E-state index contributed by atoms with van der Waals surface area (Å²) in [5, 5.41) is 16.9. The zero-order valence-corrected chi connectivity index (χ0v) is 12.2. The van der Waals surface area contributed by atoms with Crippen LogP contribution >= 0.6 is 0 Å². The smallest absolute Gasteiger partial charge is 0.176 e. The lowest BCUT2D eigenvalue weighted by Gasteiger charge is -2.18. The third-order valence-corrected chi connectivity index (χ3v) is 3.44. The number of likely N-dealkylation sites (N-methyl/N-ethyl adjacent to an activating group) is 1. The lowest BCUT2D eigenvalue weighted by molar-refractivity contribution is 0.538. The van der Waals surface area contributed by atoms with Crippen LogP contribution in [-0.4, -0.2) is 31.7 Å². The van der Waals surface area contributed by atoms with Crippen molar-refractivity contribution in [3.63, 3.8) is 0 Å². The van der Waals surface area contributed by atoms with Crippen LogP contribution in [0.1, 0.15) is 24.4 Å². The van der Waals surface area contributed by atoms with Crippen molar-refractivity contribution < 1.29 is 0 Å². The molecule has 0 spiro atoms. The number of benzene rings is 1. The fourth-order valence-corrected chi connectivity index (χ4v) is 2.56. The molecule has 2 heterocycles. The third-order valence-electron chi connectivity index (χ3n) is 3.44. The molecule has 3 rings (SSSR count). The van der Waals surface area contributed by atoms with Crippen molar-refractivity contribution in [1.82, 2.24) is 30.5 Å². The van der Waals surface area contributed by atoms with Gasteiger partial charge in [-0.15, -0.1) is 10.2 Å². The van der Waals surface area contributed by atoms with Gasteiger partial charge < -0.3 is 5.32 Å². The number of tetrazole rings is 1. The monoisotopic (exact) mass is 282 g/mol. The summed E-state index contributed by atoms with van der Waals surface area (Å²) in [5.74, 6) is 0.740. The highest BCUT2D eigenvalue weighted by Crippen LogP contribution is 2.24. The van der Waals surface area contributed by atoms with E-state index in [0.717, 1.165) is 23.3 Å². The Balaban J connectivity index is 1.98. The Hall–Kier alpha value is -2.34. The van der Waals surface area contributed by atoms with Crippen molar-refractivity contribution >= 4 is 10.9 Å². The summed E-state index contributed by atoms with van der Waals surface area (Å²) < 4.78 is 0. The number of nitrogens with one attached hydrogen (secondary N) is 1. The molecule has 0 fully saturated rings. The number of aryl methyl sites for hydroxylation is 1. The highest BCUT2D eigenvalue weighted by Gasteiger charge is 2.16. The molecule has 6 heteroatoms. The number of nitrogens with zero attached hydrogens (tertiary/aromatic N) is 5. The van der Waals surface area contributed by atoms with E-state index in [0.29, 0.717) is 6.42 Å². The minimum absolute atomic E-state index is 0.145. The van der Waals surface area contributed by atoms with Crippen LogP contribution in [0.25, 0.3) is 10.9 Å². The average Bonchev–Trinajstić information content (AvgIpc) is 2.91. The quantitative estimate of drug-likeness (QED) is 0.770. The van der Waals surface area contributed by atoms with Gasteiger partial charge in [0.2, 0.25) is 0 Å². The van der Waals surface area contributed by atoms with Crippen molar-refractivity contribution in [1.29, 1.82) is 0 Å². The van der Waals surface area contributed by atoms with E-state index in [1.807, 2.05) is 24.4 Å². The molecule has 3 aromatic rings. The molecule has 1 aromatic carbocycles. The molecule has 0 aliphatic heterocycles. The topological polar surface area (TPSA) is 68.5 Å². The summed E-state index contributed by atoms with van der Waals surface area (Å²) >= 11 is 0. The highest BCUT2D eigenvalue weighted by molar-refractivity contribution is 5.82. The molecule has 6 nitrogen and oxygen atoms in total. The number of hydrogen-bond donors (Lipinski definition) is 1. The normalized spacial score (nSPS) is 12.7. The van der Waals surface area contributed by atoms with Gasteiger partial charge in [-0.3, -0.25) is 4.98 Å². The van der Waals surface area contributed by atoms with Gasteiger partial charge in [-0.05, 0) is 29.5 Å². The lowest BCUT2D eigenvalue weighted by atomic mass is 9.98. The summed E-state index contributed by atoms with van der Waals surface area (Å²) in [4.78, 5) is 5.91. The molecule has 0 saturated heterocycles. The molecule has 108 valence electrons. The average molecular weight is 282 g/mol. The molecule has 0 radical (unpaired) electrons. The SMILES string of the molecule is CCNC(Cc1nnn(C)n1)c1cccc2ncccc12. The molecule has 1 unspecified atom stereocenters. The summed E-state index contributed by atoms with van der Waals surface area (Å²) in [6.45, 7) is 2.97. The van der Waals surface area contributed by atoms with Gasteiger partial charge >= 0.3 is 0 Å². The van der Waals surface area contributed by atoms with Gasteiger partial charge in [0.25, 0.3) is 0 Å². The molecular weight excluding hydrogens is 264 g/mol. The second kappa shape index (κ2) is 5.97. The first-order valence-corrected chi connectivity index (χ1v) is 7.08. The van der Waals surface area contributed by atoms with E-state index in [9.17, 15) is 0 Å². The summed E-state index contributed by atoms with van der Waals surface area (Å²) in [7, 11) is 1.78. The van der Waals surface area contributed by atoms with Gasteiger partial charge in [-0.2, -0.15) is 4.80 Å². The first-order chi connectivity index (χ1) is 10.3. The number of aromatic nitrogens is 5. The standard InChI is InChI=1S/C15H18N6/c1-3-16-14(10-15-18-20-21(2)19-15)12-6-4-8-13-11(12)7-5-9-17-13/h4-9,14,16H,3,10H2,1-2H3. The van der Waals surface area contributed by atoms with Crippen molar-refractivity contribution in [3.05, 3.63) is 47.9 Å². The molecule has 0 aliphatic rings. The first-order valence-electron chi connectivity index (χ1n) is 7.08. The molecular formula is C15H18N6. The van der Waals surface area contributed by atoms with E-state index >= 15 is 0 Å². The lowest BCUT2D eigenvalue weighted by Crippen LogP contribution is -2.23. The Morgan fingerprint density at radius 2 is 2.14 bits per heavy atom. The molecule has 0 aliphatic carbocycles. The van der Waals surface area contributed by atoms with Crippen LogP contribution in [0.5, 0.6) is 0 Å². The van der Waals surface area contributed by atoms with E-state index in [4.69, 9.17) is 0 Å². The summed E-state index contributed by atoms with van der Waals surface area (Å²) in [6.07, 6.45) is 2.52. The van der Waals surface area contributed by atoms with E-state index in [1.165, 1.54) is 10.4 Å². The Morgan fingerprint density at radius 3 is 2.90 bits per heavy atom. The van der Waals surface area contributed by atoms with Gasteiger partial charge in [0.05, 0.1) is 12.6 Å². The molecule has 21 heavy (non-hydrogen) atoms. The number of hydrogen-bond acceptors (Lipinski definition) is 5. The number of fused-ring (bicyclic) bond motifs is 1. The van der Waals surface area contributed by atoms with Gasteiger partial charge in [0, 0.05) is 24.0 Å². The van der Waals surface area contributed by atoms with Crippen molar-refractivity contribution in [2.45, 2.75) is 19.4 Å². The van der Waals surface area contributed by atoms with Gasteiger partial charge in [-0.1, -0.05) is 25.1 Å². The Labute approximate surface area is 123 Å². The maximum absolute atomic E-state index is 4.42. The van der Waals surface area contributed by atoms with Gasteiger partial charge in [-0.25, -0.2) is 0 Å². The third kappa shape index (κ3) is 2.90. The largest absolute Gasteiger partial charge is 0.310 e. The van der Waals surface area contributed by atoms with Crippen LogP contribution < -0.4 is 5.32 Å². The fraction of sp³-hybridized carbons (Fsp3) is 0.333. The van der Waals surface area contributed by atoms with Crippen molar-refractivity contribution in [2.24, 2.45) is 7.05 Å². The van der Waals surface area contributed by atoms with Gasteiger partial charge in [0.15, 0.2) is 5.82 Å². The van der Waals surface area contributed by atoms with Crippen LogP contribution in [0, 0.1) is 0 Å². The number of rotatable bonds is 5. The predicted octanol–water partition coefficient (Wildman–Crippen LogP) is 1.65. The maximum atomic E-state index is 4.42. The highest BCUT2D eigenvalue weighted by atomic mass is 15.6. The zero-order valence-electron chi connectivity index (χ0n) is 12.2. The molecule has 1 N–H and O–H groups in total. The Morgan fingerprint density at radius 1 is 1.24 bits per heavy atom. The van der Waals surface area contributed by atoms with Crippen LogP contribution in [0.15, 0.2) is 36.5 Å². The predicted molar refractivity (Wildman–Crippen MR) is 80.7 cm³/mol. The van der Waals surface area contributed by atoms with E-state index in [2.05, 4.69) is 44.8 Å². The van der Waals surface area contributed by atoms with E-state index in [-0.39, 0.29) is 6.04 Å². The molecule has 0 saturated carbocycles.